The fourth-order valence-electron chi connectivity index (χ4n) is 1.71. The van der Waals surface area contributed by atoms with Gasteiger partial charge in [-0.25, -0.2) is 4.79 Å². The Kier molecular flexibility index (Phi) is 7.51. The fraction of sp³-hybridized carbons (Fsp3) is 0.500. The molecule has 0 radical (unpaired) electrons. The highest BCUT2D eigenvalue weighted by Crippen LogP contribution is 2.27. The molecule has 0 fully saturated rings. The Morgan fingerprint density at radius 2 is 2.20 bits per heavy atom. The largest absolute Gasteiger partial charge is 0.465 e. The first kappa shape index (κ1) is 17.4. The van der Waals surface area contributed by atoms with Gasteiger partial charge in [-0.2, -0.15) is 0 Å². The number of rotatable bonds is 7. The van der Waals surface area contributed by atoms with Crippen LogP contribution in [0.15, 0.2) is 22.7 Å². The Hall–Kier alpha value is -0.620. The summed E-state index contributed by atoms with van der Waals surface area (Å²) in [5, 5.41) is 3.80. The molecule has 0 spiro atoms. The second-order valence-corrected chi connectivity index (χ2v) is 5.90. The van der Waals surface area contributed by atoms with Gasteiger partial charge in [0.2, 0.25) is 0 Å². The van der Waals surface area contributed by atoms with Crippen molar-refractivity contribution in [1.82, 2.24) is 10.2 Å². The van der Waals surface area contributed by atoms with Crippen LogP contribution >= 0.6 is 27.5 Å². The van der Waals surface area contributed by atoms with Gasteiger partial charge >= 0.3 is 5.97 Å². The molecule has 112 valence electrons. The Morgan fingerprint density at radius 1 is 1.50 bits per heavy atom. The van der Waals surface area contributed by atoms with Crippen LogP contribution in [0.4, 0.5) is 0 Å². The van der Waals surface area contributed by atoms with E-state index in [0.717, 1.165) is 16.6 Å². The number of carbonyl (C=O) groups is 1. The first-order chi connectivity index (χ1) is 9.45. The first-order valence-corrected chi connectivity index (χ1v) is 7.62. The van der Waals surface area contributed by atoms with E-state index in [-0.39, 0.29) is 5.97 Å². The molecule has 1 rings (SSSR count). The van der Waals surface area contributed by atoms with Crippen molar-refractivity contribution < 1.29 is 9.53 Å². The molecule has 0 bridgehead atoms. The van der Waals surface area contributed by atoms with Gasteiger partial charge in [-0.15, -0.1) is 0 Å². The maximum absolute atomic E-state index is 12.1. The molecule has 0 aliphatic carbocycles. The lowest BCUT2D eigenvalue weighted by molar-refractivity contribution is -0.145. The molecule has 1 aromatic carbocycles. The molecule has 0 aromatic heterocycles. The van der Waals surface area contributed by atoms with E-state index in [1.807, 2.05) is 25.1 Å². The van der Waals surface area contributed by atoms with Gasteiger partial charge in [-0.3, -0.25) is 5.32 Å². The molecule has 0 heterocycles. The number of benzene rings is 1. The summed E-state index contributed by atoms with van der Waals surface area (Å²) < 4.78 is 5.96. The molecule has 0 amide bonds. The summed E-state index contributed by atoms with van der Waals surface area (Å²) in [6.07, 6.45) is 0. The van der Waals surface area contributed by atoms with E-state index in [1.54, 1.807) is 19.1 Å². The van der Waals surface area contributed by atoms with Gasteiger partial charge in [-0.1, -0.05) is 27.5 Å². The summed E-state index contributed by atoms with van der Waals surface area (Å²) in [5.41, 5.74) is 0.787. The van der Waals surface area contributed by atoms with Crippen LogP contribution in [0.25, 0.3) is 0 Å². The van der Waals surface area contributed by atoms with Crippen LogP contribution in [-0.2, 0) is 9.53 Å². The number of likely N-dealkylation sites (N-methyl/N-ethyl adjacent to an activating group) is 1. The Balaban J connectivity index is 2.91. The van der Waals surface area contributed by atoms with Crippen molar-refractivity contribution in [3.05, 3.63) is 33.3 Å². The van der Waals surface area contributed by atoms with Crippen molar-refractivity contribution in [3.63, 3.8) is 0 Å². The molecular formula is C14H20BrClN2O2. The van der Waals surface area contributed by atoms with E-state index in [9.17, 15) is 4.79 Å². The molecule has 6 heteroatoms. The number of ether oxygens (including phenoxy) is 1. The van der Waals surface area contributed by atoms with E-state index < -0.39 is 6.04 Å². The van der Waals surface area contributed by atoms with Crippen molar-refractivity contribution in [1.29, 1.82) is 0 Å². The predicted octanol–water partition coefficient (Wildman–Crippen LogP) is 2.86. The van der Waals surface area contributed by atoms with Gasteiger partial charge in [0.25, 0.3) is 0 Å². The lowest BCUT2D eigenvalue weighted by Crippen LogP contribution is -2.35. The monoisotopic (exact) mass is 362 g/mol. The molecule has 1 unspecified atom stereocenters. The van der Waals surface area contributed by atoms with E-state index in [0.29, 0.717) is 18.2 Å². The number of esters is 1. The maximum atomic E-state index is 12.1. The second-order valence-electron chi connectivity index (χ2n) is 4.61. The summed E-state index contributed by atoms with van der Waals surface area (Å²) in [6, 6.07) is 4.85. The lowest BCUT2D eigenvalue weighted by Gasteiger charge is -2.20. The van der Waals surface area contributed by atoms with Crippen LogP contribution in [0.1, 0.15) is 18.5 Å². The van der Waals surface area contributed by atoms with Crippen LogP contribution in [0.5, 0.6) is 0 Å². The molecule has 1 N–H and O–H groups in total. The topological polar surface area (TPSA) is 41.6 Å². The third-order valence-electron chi connectivity index (χ3n) is 2.70. The quantitative estimate of drug-likeness (QED) is 0.756. The number of hydrogen-bond donors (Lipinski definition) is 1. The zero-order valence-corrected chi connectivity index (χ0v) is 14.3. The Bertz CT molecular complexity index is 455. The minimum Gasteiger partial charge on any atom is -0.465 e. The average Bonchev–Trinajstić information content (AvgIpc) is 2.38. The number of hydrogen-bond acceptors (Lipinski definition) is 4. The molecule has 0 aliphatic rings. The van der Waals surface area contributed by atoms with Gasteiger partial charge in [0, 0.05) is 22.6 Å². The molecular weight excluding hydrogens is 344 g/mol. The molecule has 20 heavy (non-hydrogen) atoms. The molecule has 1 atom stereocenters. The van der Waals surface area contributed by atoms with Gasteiger partial charge in [0.15, 0.2) is 0 Å². The zero-order valence-electron chi connectivity index (χ0n) is 12.0. The summed E-state index contributed by atoms with van der Waals surface area (Å²) in [4.78, 5) is 14.2. The second kappa shape index (κ2) is 8.62. The van der Waals surface area contributed by atoms with Crippen LogP contribution < -0.4 is 5.32 Å². The number of carbonyl (C=O) groups excluding carboxylic acids is 1. The van der Waals surface area contributed by atoms with E-state index >= 15 is 0 Å². The molecule has 0 aliphatic heterocycles. The number of nitrogens with one attached hydrogen (secondary N) is 1. The third kappa shape index (κ3) is 5.40. The Morgan fingerprint density at radius 3 is 2.80 bits per heavy atom. The van der Waals surface area contributed by atoms with Crippen molar-refractivity contribution in [2.45, 2.75) is 13.0 Å². The van der Waals surface area contributed by atoms with Gasteiger partial charge in [0.05, 0.1) is 6.61 Å². The van der Waals surface area contributed by atoms with Gasteiger partial charge < -0.3 is 9.64 Å². The minimum atomic E-state index is -0.525. The Labute approximate surface area is 133 Å². The summed E-state index contributed by atoms with van der Waals surface area (Å²) in [6.45, 7) is 3.65. The van der Waals surface area contributed by atoms with Crippen molar-refractivity contribution >= 4 is 33.5 Å². The van der Waals surface area contributed by atoms with E-state index in [4.69, 9.17) is 16.3 Å². The molecule has 4 nitrogen and oxygen atoms in total. The smallest absolute Gasteiger partial charge is 0.327 e. The first-order valence-electron chi connectivity index (χ1n) is 6.45. The van der Waals surface area contributed by atoms with Crippen molar-refractivity contribution in [2.75, 3.05) is 33.8 Å². The predicted molar refractivity (Wildman–Crippen MR) is 85.1 cm³/mol. The minimum absolute atomic E-state index is 0.297. The SMILES string of the molecule is CCOC(=O)C(NCCN(C)C)c1cc(Cl)ccc1Br. The highest BCUT2D eigenvalue weighted by Gasteiger charge is 2.23. The van der Waals surface area contributed by atoms with Gasteiger partial charge in [0.1, 0.15) is 6.04 Å². The van der Waals surface area contributed by atoms with Crippen LogP contribution in [-0.4, -0.2) is 44.7 Å². The van der Waals surface area contributed by atoms with Crippen molar-refractivity contribution in [2.24, 2.45) is 0 Å². The fourth-order valence-corrected chi connectivity index (χ4v) is 2.37. The van der Waals surface area contributed by atoms with Crippen molar-refractivity contribution in [3.8, 4) is 0 Å². The number of halogens is 2. The summed E-state index contributed by atoms with van der Waals surface area (Å²) >= 11 is 9.47. The summed E-state index contributed by atoms with van der Waals surface area (Å²) in [7, 11) is 3.96. The molecule has 1 aromatic rings. The van der Waals surface area contributed by atoms with E-state index in [2.05, 4.69) is 21.2 Å². The standard InChI is InChI=1S/C14H20BrClN2O2/c1-4-20-14(19)13(17-7-8-18(2)3)11-9-10(16)5-6-12(11)15/h5-6,9,13,17H,4,7-8H2,1-3H3. The van der Waals surface area contributed by atoms with Crippen LogP contribution in [0.2, 0.25) is 5.02 Å². The van der Waals surface area contributed by atoms with Gasteiger partial charge in [-0.05, 0) is 44.8 Å². The van der Waals surface area contributed by atoms with Crippen LogP contribution in [0.3, 0.4) is 0 Å². The third-order valence-corrected chi connectivity index (χ3v) is 3.66. The summed E-state index contributed by atoms with van der Waals surface area (Å²) in [5.74, 6) is -0.297. The van der Waals surface area contributed by atoms with Crippen LogP contribution in [0, 0.1) is 0 Å². The molecule has 0 saturated carbocycles. The normalized spacial score (nSPS) is 12.5. The lowest BCUT2D eigenvalue weighted by atomic mass is 10.1. The maximum Gasteiger partial charge on any atom is 0.327 e. The number of nitrogens with zero attached hydrogens (tertiary/aromatic N) is 1. The highest BCUT2D eigenvalue weighted by molar-refractivity contribution is 9.10. The average molecular weight is 364 g/mol. The van der Waals surface area contributed by atoms with E-state index in [1.165, 1.54) is 0 Å². The highest BCUT2D eigenvalue weighted by atomic mass is 79.9. The zero-order chi connectivity index (χ0) is 15.1. The molecule has 0 saturated heterocycles.